The lowest BCUT2D eigenvalue weighted by Crippen LogP contribution is -2.01. The summed E-state index contributed by atoms with van der Waals surface area (Å²) in [5.41, 5.74) is 0. The van der Waals surface area contributed by atoms with Gasteiger partial charge in [-0.15, -0.1) is 0 Å². The number of hydrogen-bond acceptors (Lipinski definition) is 2. The largest absolute Gasteiger partial charge is 0.448 e. The second kappa shape index (κ2) is 5.41. The van der Waals surface area contributed by atoms with E-state index in [0.29, 0.717) is 47.0 Å². The van der Waals surface area contributed by atoms with E-state index in [4.69, 9.17) is 55.9 Å². The van der Waals surface area contributed by atoms with Crippen LogP contribution in [-0.2, 0) is 0 Å². The van der Waals surface area contributed by atoms with Crippen LogP contribution >= 0.6 is 78.3 Å². The summed E-state index contributed by atoms with van der Waals surface area (Å²) in [4.78, 5) is 0. The highest BCUT2D eigenvalue weighted by atomic mass is 79.9. The Bertz CT molecular complexity index is 749. The smallest absolute Gasteiger partial charge is 0.191 e. The standard InChI is InChI=1S/C12H2Br2Cl4O2/c13-3-1-5(16)8(17)12-10(3)19-6-2-4(15)7(14)9(18)11(6)20-12/h1-2H. The van der Waals surface area contributed by atoms with Gasteiger partial charge in [0.05, 0.1) is 19.0 Å². The van der Waals surface area contributed by atoms with E-state index in [2.05, 4.69) is 31.9 Å². The number of benzene rings is 2. The van der Waals surface area contributed by atoms with Crippen molar-refractivity contribution in [2.75, 3.05) is 0 Å². The van der Waals surface area contributed by atoms with E-state index < -0.39 is 0 Å². The van der Waals surface area contributed by atoms with Crippen LogP contribution in [-0.4, -0.2) is 0 Å². The molecule has 0 fully saturated rings. The Balaban J connectivity index is 2.24. The van der Waals surface area contributed by atoms with Crippen LogP contribution in [0.4, 0.5) is 0 Å². The van der Waals surface area contributed by atoms with Crippen molar-refractivity contribution < 1.29 is 9.47 Å². The molecule has 104 valence electrons. The van der Waals surface area contributed by atoms with Gasteiger partial charge in [-0.3, -0.25) is 0 Å². The third-order valence-corrected chi connectivity index (χ3v) is 5.88. The van der Waals surface area contributed by atoms with Gasteiger partial charge in [0, 0.05) is 6.07 Å². The molecule has 0 saturated carbocycles. The monoisotopic (exact) mass is 476 g/mol. The Labute approximate surface area is 151 Å². The topological polar surface area (TPSA) is 18.5 Å². The highest BCUT2D eigenvalue weighted by Gasteiger charge is 2.29. The molecular weight excluding hydrogens is 478 g/mol. The minimum atomic E-state index is 0.248. The van der Waals surface area contributed by atoms with E-state index in [1.807, 2.05) is 0 Å². The Hall–Kier alpha value is 0.160. The van der Waals surface area contributed by atoms with Crippen LogP contribution in [0.2, 0.25) is 20.1 Å². The van der Waals surface area contributed by atoms with E-state index in [0.717, 1.165) is 0 Å². The zero-order chi connectivity index (χ0) is 14.6. The van der Waals surface area contributed by atoms with Gasteiger partial charge in [-0.2, -0.15) is 0 Å². The lowest BCUT2D eigenvalue weighted by Gasteiger charge is -2.24. The molecule has 0 radical (unpaired) electrons. The third-order valence-electron chi connectivity index (χ3n) is 2.59. The summed E-state index contributed by atoms with van der Waals surface area (Å²) in [5.74, 6) is 1.44. The van der Waals surface area contributed by atoms with Gasteiger partial charge < -0.3 is 9.47 Å². The minimum Gasteiger partial charge on any atom is -0.448 e. The van der Waals surface area contributed by atoms with Gasteiger partial charge in [-0.1, -0.05) is 46.4 Å². The SMILES string of the molecule is Clc1cc(Br)c2c(c1Cl)Oc1c(cc(Cl)c(Br)c1Cl)O2. The van der Waals surface area contributed by atoms with Gasteiger partial charge in [-0.25, -0.2) is 0 Å². The lowest BCUT2D eigenvalue weighted by molar-refractivity contribution is 0.358. The van der Waals surface area contributed by atoms with Crippen molar-refractivity contribution in [2.45, 2.75) is 0 Å². The first-order valence-corrected chi connectivity index (χ1v) is 8.20. The number of fused-ring (bicyclic) bond motifs is 2. The average molecular weight is 480 g/mol. The van der Waals surface area contributed by atoms with Gasteiger partial charge in [0.2, 0.25) is 0 Å². The molecule has 2 nitrogen and oxygen atoms in total. The molecule has 1 aliphatic rings. The summed E-state index contributed by atoms with van der Waals surface area (Å²) in [6.07, 6.45) is 0. The van der Waals surface area contributed by atoms with Crippen molar-refractivity contribution in [1.82, 2.24) is 0 Å². The Morgan fingerprint density at radius 3 is 2.15 bits per heavy atom. The predicted octanol–water partition coefficient (Wildman–Crippen LogP) is 7.72. The summed E-state index contributed by atoms with van der Waals surface area (Å²) >= 11 is 31.0. The Morgan fingerprint density at radius 1 is 0.750 bits per heavy atom. The highest BCUT2D eigenvalue weighted by Crippen LogP contribution is 2.57. The van der Waals surface area contributed by atoms with Gasteiger partial charge in [0.1, 0.15) is 10.0 Å². The van der Waals surface area contributed by atoms with Crippen LogP contribution in [0.5, 0.6) is 23.0 Å². The molecule has 8 heteroatoms. The van der Waals surface area contributed by atoms with Crippen molar-refractivity contribution in [3.8, 4) is 23.0 Å². The lowest BCUT2D eigenvalue weighted by atomic mass is 10.2. The molecule has 1 heterocycles. The molecule has 0 spiro atoms. The Morgan fingerprint density at radius 2 is 1.45 bits per heavy atom. The third kappa shape index (κ3) is 2.31. The van der Waals surface area contributed by atoms with Crippen molar-refractivity contribution in [1.29, 1.82) is 0 Å². The predicted molar refractivity (Wildman–Crippen MR) is 88.5 cm³/mol. The maximum atomic E-state index is 6.19. The quantitative estimate of drug-likeness (QED) is 0.243. The van der Waals surface area contributed by atoms with E-state index in [-0.39, 0.29) is 5.02 Å². The molecular formula is C12H2Br2Cl4O2. The summed E-state index contributed by atoms with van der Waals surface area (Å²) in [5, 5.41) is 1.30. The first-order valence-electron chi connectivity index (χ1n) is 5.11. The summed E-state index contributed by atoms with van der Waals surface area (Å²) in [6, 6.07) is 3.23. The van der Waals surface area contributed by atoms with Crippen LogP contribution in [0.1, 0.15) is 0 Å². The van der Waals surface area contributed by atoms with Crippen LogP contribution in [0.15, 0.2) is 21.1 Å². The number of ether oxygens (including phenoxy) is 2. The average Bonchev–Trinajstić information content (AvgIpc) is 2.41. The van der Waals surface area contributed by atoms with Gasteiger partial charge in [0.25, 0.3) is 0 Å². The van der Waals surface area contributed by atoms with Gasteiger partial charge in [0.15, 0.2) is 23.0 Å². The zero-order valence-electron chi connectivity index (χ0n) is 9.24. The first kappa shape index (κ1) is 15.1. The molecule has 1 aliphatic heterocycles. The first-order chi connectivity index (χ1) is 9.40. The molecule has 0 N–H and O–H groups in total. The molecule has 0 atom stereocenters. The molecule has 0 aliphatic carbocycles. The molecule has 0 aromatic heterocycles. The van der Waals surface area contributed by atoms with E-state index in [1.54, 1.807) is 12.1 Å². The van der Waals surface area contributed by atoms with E-state index >= 15 is 0 Å². The van der Waals surface area contributed by atoms with Crippen molar-refractivity contribution in [3.05, 3.63) is 41.2 Å². The molecule has 0 amide bonds. The molecule has 0 saturated heterocycles. The molecule has 0 bridgehead atoms. The normalized spacial score (nSPS) is 12.3. The summed E-state index contributed by atoms with van der Waals surface area (Å²) in [7, 11) is 0. The molecule has 20 heavy (non-hydrogen) atoms. The second-order valence-electron chi connectivity index (χ2n) is 3.83. The maximum absolute atomic E-state index is 6.19. The number of hydrogen-bond donors (Lipinski definition) is 0. The fourth-order valence-electron chi connectivity index (χ4n) is 1.68. The zero-order valence-corrected chi connectivity index (χ0v) is 15.4. The fraction of sp³-hybridized carbons (Fsp3) is 0. The van der Waals surface area contributed by atoms with Gasteiger partial charge in [-0.05, 0) is 37.9 Å². The fourth-order valence-corrected chi connectivity index (χ4v) is 3.45. The van der Waals surface area contributed by atoms with Crippen molar-refractivity contribution in [2.24, 2.45) is 0 Å². The maximum Gasteiger partial charge on any atom is 0.191 e. The number of halogens is 6. The molecule has 3 rings (SSSR count). The summed E-state index contributed by atoms with van der Waals surface area (Å²) in [6.45, 7) is 0. The summed E-state index contributed by atoms with van der Waals surface area (Å²) < 4.78 is 12.6. The molecule has 0 unspecified atom stereocenters. The minimum absolute atomic E-state index is 0.248. The van der Waals surface area contributed by atoms with E-state index in [1.165, 1.54) is 0 Å². The van der Waals surface area contributed by atoms with Crippen LogP contribution in [0.3, 0.4) is 0 Å². The van der Waals surface area contributed by atoms with Crippen molar-refractivity contribution in [3.63, 3.8) is 0 Å². The number of rotatable bonds is 0. The van der Waals surface area contributed by atoms with Crippen LogP contribution in [0, 0.1) is 0 Å². The van der Waals surface area contributed by atoms with E-state index in [9.17, 15) is 0 Å². The highest BCUT2D eigenvalue weighted by molar-refractivity contribution is 9.11. The molecule has 2 aromatic rings. The van der Waals surface area contributed by atoms with Crippen LogP contribution in [0.25, 0.3) is 0 Å². The van der Waals surface area contributed by atoms with Crippen molar-refractivity contribution >= 4 is 78.3 Å². The molecule has 2 aromatic carbocycles. The second-order valence-corrected chi connectivity index (χ2v) is 7.05. The van der Waals surface area contributed by atoms with Gasteiger partial charge >= 0.3 is 0 Å². The van der Waals surface area contributed by atoms with Crippen LogP contribution < -0.4 is 9.47 Å². The Kier molecular flexibility index (Phi) is 4.08.